The van der Waals surface area contributed by atoms with Crippen LogP contribution in [0.4, 0.5) is 17.5 Å². The Morgan fingerprint density at radius 1 is 1.00 bits per heavy atom. The van der Waals surface area contributed by atoms with Crippen LogP contribution >= 0.6 is 0 Å². The summed E-state index contributed by atoms with van der Waals surface area (Å²) in [4.78, 5) is 13.1. The Kier molecular flexibility index (Phi) is 4.94. The van der Waals surface area contributed by atoms with E-state index < -0.39 is 0 Å². The highest BCUT2D eigenvalue weighted by Crippen LogP contribution is 2.32. The normalized spacial score (nSPS) is 10.2. The summed E-state index contributed by atoms with van der Waals surface area (Å²) in [6, 6.07) is 11.2. The first kappa shape index (κ1) is 16.5. The molecule has 128 valence electrons. The highest BCUT2D eigenvalue weighted by molar-refractivity contribution is 5.70. The van der Waals surface area contributed by atoms with Crippen molar-refractivity contribution < 1.29 is 9.47 Å². The highest BCUT2D eigenvalue weighted by Gasteiger charge is 2.10. The lowest BCUT2D eigenvalue weighted by atomic mass is 10.2. The summed E-state index contributed by atoms with van der Waals surface area (Å²) in [6.07, 6.45) is 3.49. The third-order valence-electron chi connectivity index (χ3n) is 3.58. The van der Waals surface area contributed by atoms with E-state index in [2.05, 4.69) is 25.6 Å². The smallest absolute Gasteiger partial charge is 0.224 e. The second kappa shape index (κ2) is 7.48. The molecule has 25 heavy (non-hydrogen) atoms. The van der Waals surface area contributed by atoms with Crippen LogP contribution in [-0.2, 0) is 0 Å². The van der Waals surface area contributed by atoms with Crippen molar-refractivity contribution in [1.29, 1.82) is 0 Å². The molecule has 2 N–H and O–H groups in total. The van der Waals surface area contributed by atoms with Crippen LogP contribution in [0, 0.1) is 0 Å². The number of nitrogens with one attached hydrogen (secondary N) is 2. The monoisotopic (exact) mass is 337 g/mol. The summed E-state index contributed by atoms with van der Waals surface area (Å²) in [5.41, 5.74) is 2.45. The van der Waals surface area contributed by atoms with E-state index in [0.29, 0.717) is 17.5 Å². The van der Waals surface area contributed by atoms with Gasteiger partial charge in [0.1, 0.15) is 17.3 Å². The average Bonchev–Trinajstić information content (AvgIpc) is 2.68. The number of rotatable bonds is 6. The van der Waals surface area contributed by atoms with Crippen molar-refractivity contribution in [3.05, 3.63) is 48.8 Å². The van der Waals surface area contributed by atoms with Gasteiger partial charge in [0.25, 0.3) is 0 Å². The van der Waals surface area contributed by atoms with Gasteiger partial charge in [-0.3, -0.25) is 4.98 Å². The van der Waals surface area contributed by atoms with Gasteiger partial charge in [0, 0.05) is 37.1 Å². The molecule has 1 aromatic carbocycles. The van der Waals surface area contributed by atoms with Gasteiger partial charge in [0.2, 0.25) is 5.95 Å². The molecular formula is C18H19N5O2. The first-order valence-electron chi connectivity index (χ1n) is 7.69. The molecule has 2 heterocycles. The summed E-state index contributed by atoms with van der Waals surface area (Å²) in [6.45, 7) is 0. The minimum atomic E-state index is 0.510. The van der Waals surface area contributed by atoms with Crippen LogP contribution in [0.3, 0.4) is 0 Å². The number of anilines is 3. The Bertz CT molecular complexity index is 855. The fraction of sp³-hybridized carbons (Fsp3) is 0.167. The highest BCUT2D eigenvalue weighted by atomic mass is 16.5. The van der Waals surface area contributed by atoms with Gasteiger partial charge in [0.15, 0.2) is 0 Å². The van der Waals surface area contributed by atoms with Gasteiger partial charge in [-0.1, -0.05) is 0 Å². The minimum absolute atomic E-state index is 0.510. The van der Waals surface area contributed by atoms with E-state index in [-0.39, 0.29) is 0 Å². The fourth-order valence-electron chi connectivity index (χ4n) is 2.32. The summed E-state index contributed by atoms with van der Waals surface area (Å²) in [5, 5.41) is 6.24. The summed E-state index contributed by atoms with van der Waals surface area (Å²) >= 11 is 0. The van der Waals surface area contributed by atoms with Crippen LogP contribution in [0.15, 0.2) is 48.8 Å². The van der Waals surface area contributed by atoms with E-state index >= 15 is 0 Å². The number of aromatic nitrogens is 3. The molecule has 7 nitrogen and oxygen atoms in total. The van der Waals surface area contributed by atoms with E-state index in [0.717, 1.165) is 22.7 Å². The van der Waals surface area contributed by atoms with Crippen molar-refractivity contribution in [3.8, 4) is 22.8 Å². The van der Waals surface area contributed by atoms with Crippen molar-refractivity contribution in [2.75, 3.05) is 31.9 Å². The van der Waals surface area contributed by atoms with Crippen molar-refractivity contribution in [2.24, 2.45) is 0 Å². The molecule has 3 aromatic rings. The van der Waals surface area contributed by atoms with Crippen molar-refractivity contribution in [2.45, 2.75) is 0 Å². The quantitative estimate of drug-likeness (QED) is 0.714. The van der Waals surface area contributed by atoms with Crippen LogP contribution in [-0.4, -0.2) is 36.2 Å². The number of benzene rings is 1. The maximum atomic E-state index is 5.42. The zero-order valence-corrected chi connectivity index (χ0v) is 14.3. The third kappa shape index (κ3) is 3.77. The molecule has 0 aliphatic rings. The van der Waals surface area contributed by atoms with Crippen LogP contribution in [0.2, 0.25) is 0 Å². The molecule has 7 heteroatoms. The molecule has 3 rings (SSSR count). The Balaban J connectivity index is 1.98. The number of hydrogen-bond acceptors (Lipinski definition) is 7. The van der Waals surface area contributed by atoms with Gasteiger partial charge in [-0.15, -0.1) is 0 Å². The van der Waals surface area contributed by atoms with Crippen molar-refractivity contribution >= 4 is 17.5 Å². The van der Waals surface area contributed by atoms with Crippen LogP contribution in [0.1, 0.15) is 0 Å². The first-order chi connectivity index (χ1) is 12.2. The second-order valence-electron chi connectivity index (χ2n) is 5.14. The molecule has 0 bridgehead atoms. The molecular weight excluding hydrogens is 318 g/mol. The molecule has 0 saturated heterocycles. The Hall–Kier alpha value is -3.35. The van der Waals surface area contributed by atoms with E-state index in [1.165, 1.54) is 0 Å². The SMILES string of the molecule is CNc1nc(Nc2ccc(OC)cc2OC)cc(-c2cccnc2)n1. The molecule has 0 radical (unpaired) electrons. The van der Waals surface area contributed by atoms with Gasteiger partial charge in [-0.05, 0) is 24.3 Å². The fourth-order valence-corrected chi connectivity index (χ4v) is 2.32. The minimum Gasteiger partial charge on any atom is -0.497 e. The summed E-state index contributed by atoms with van der Waals surface area (Å²) in [5.74, 6) is 2.53. The lowest BCUT2D eigenvalue weighted by Crippen LogP contribution is -2.03. The lowest BCUT2D eigenvalue weighted by molar-refractivity contribution is 0.395. The van der Waals surface area contributed by atoms with Crippen LogP contribution in [0.25, 0.3) is 11.3 Å². The standard InChI is InChI=1S/C18H19N5O2/c1-19-18-22-15(12-5-4-8-20-11-12)10-17(23-18)21-14-7-6-13(24-2)9-16(14)25-3/h4-11H,1-3H3,(H2,19,21,22,23). The molecule has 0 unspecified atom stereocenters. The predicted octanol–water partition coefficient (Wildman–Crippen LogP) is 3.34. The van der Waals surface area contributed by atoms with E-state index in [1.807, 2.05) is 36.4 Å². The number of hydrogen-bond donors (Lipinski definition) is 2. The van der Waals surface area contributed by atoms with Gasteiger partial charge >= 0.3 is 0 Å². The molecule has 2 aromatic heterocycles. The zero-order chi connectivity index (χ0) is 17.6. The number of methoxy groups -OCH3 is 2. The predicted molar refractivity (Wildman–Crippen MR) is 97.6 cm³/mol. The number of pyridine rings is 1. The summed E-state index contributed by atoms with van der Waals surface area (Å²) < 4.78 is 10.6. The van der Waals surface area contributed by atoms with Crippen LogP contribution in [0.5, 0.6) is 11.5 Å². The molecule has 0 saturated carbocycles. The maximum absolute atomic E-state index is 5.42. The average molecular weight is 337 g/mol. The number of ether oxygens (including phenoxy) is 2. The lowest BCUT2D eigenvalue weighted by Gasteiger charge is -2.13. The molecule has 0 fully saturated rings. The molecule has 0 spiro atoms. The second-order valence-corrected chi connectivity index (χ2v) is 5.14. The van der Waals surface area contributed by atoms with Crippen molar-refractivity contribution in [3.63, 3.8) is 0 Å². The zero-order valence-electron chi connectivity index (χ0n) is 14.3. The van der Waals surface area contributed by atoms with E-state index in [1.54, 1.807) is 33.7 Å². The third-order valence-corrected chi connectivity index (χ3v) is 3.58. The Labute approximate surface area is 146 Å². The number of nitrogens with zero attached hydrogens (tertiary/aromatic N) is 3. The topological polar surface area (TPSA) is 81.2 Å². The summed E-state index contributed by atoms with van der Waals surface area (Å²) in [7, 11) is 5.01. The van der Waals surface area contributed by atoms with E-state index in [9.17, 15) is 0 Å². The van der Waals surface area contributed by atoms with E-state index in [4.69, 9.17) is 9.47 Å². The largest absolute Gasteiger partial charge is 0.497 e. The van der Waals surface area contributed by atoms with Gasteiger partial charge in [-0.2, -0.15) is 4.98 Å². The maximum Gasteiger partial charge on any atom is 0.224 e. The van der Waals surface area contributed by atoms with Gasteiger partial charge in [-0.25, -0.2) is 4.98 Å². The van der Waals surface area contributed by atoms with Crippen LogP contribution < -0.4 is 20.1 Å². The van der Waals surface area contributed by atoms with Gasteiger partial charge < -0.3 is 20.1 Å². The molecule has 0 amide bonds. The molecule has 0 atom stereocenters. The molecule has 0 aliphatic heterocycles. The molecule has 0 aliphatic carbocycles. The van der Waals surface area contributed by atoms with Crippen molar-refractivity contribution in [1.82, 2.24) is 15.0 Å². The Morgan fingerprint density at radius 2 is 1.88 bits per heavy atom. The Morgan fingerprint density at radius 3 is 2.56 bits per heavy atom. The first-order valence-corrected chi connectivity index (χ1v) is 7.69. The van der Waals surface area contributed by atoms with Gasteiger partial charge in [0.05, 0.1) is 25.6 Å².